The van der Waals surface area contributed by atoms with Crippen molar-refractivity contribution in [1.29, 1.82) is 5.26 Å². The van der Waals surface area contributed by atoms with E-state index in [1.54, 1.807) is 12.2 Å². The van der Waals surface area contributed by atoms with E-state index in [1.165, 1.54) is 18.2 Å². The molecule has 16 heavy (non-hydrogen) atoms. The summed E-state index contributed by atoms with van der Waals surface area (Å²) in [7, 11) is 0. The molecule has 0 saturated heterocycles. The molecular weight excluding hydrogens is 209 g/mol. The molecule has 0 spiro atoms. The number of carboxylic acid groups (broad SMARTS) is 1. The van der Waals surface area contributed by atoms with E-state index in [-0.39, 0.29) is 12.8 Å². The summed E-state index contributed by atoms with van der Waals surface area (Å²) in [6.45, 7) is 0. The standard InChI is InChI=1S/C12H10FNO2/c13-11-5-4-10(8-12(15)16)9(7-11)3-1-2-6-14/h1,3-5,7H,2,8H2,(H,15,16). The zero-order chi connectivity index (χ0) is 12.0. The first-order valence-electron chi connectivity index (χ1n) is 4.67. The van der Waals surface area contributed by atoms with Crippen molar-refractivity contribution in [2.45, 2.75) is 12.8 Å². The summed E-state index contributed by atoms with van der Waals surface area (Å²) in [5.74, 6) is -1.40. The summed E-state index contributed by atoms with van der Waals surface area (Å²) < 4.78 is 12.9. The predicted octanol–water partition coefficient (Wildman–Crippen LogP) is 2.38. The third-order valence-corrected chi connectivity index (χ3v) is 1.96. The number of allylic oxidation sites excluding steroid dienone is 1. The fourth-order valence-corrected chi connectivity index (χ4v) is 1.28. The average Bonchev–Trinajstić information content (AvgIpc) is 2.22. The Labute approximate surface area is 92.4 Å². The highest BCUT2D eigenvalue weighted by Gasteiger charge is 2.05. The number of nitrogens with zero attached hydrogens (tertiary/aromatic N) is 1. The Morgan fingerprint density at radius 2 is 2.31 bits per heavy atom. The molecule has 0 heterocycles. The van der Waals surface area contributed by atoms with Crippen molar-refractivity contribution in [3.05, 3.63) is 41.2 Å². The summed E-state index contributed by atoms with van der Waals surface area (Å²) in [4.78, 5) is 10.6. The van der Waals surface area contributed by atoms with Crippen LogP contribution in [0.4, 0.5) is 4.39 Å². The highest BCUT2D eigenvalue weighted by Crippen LogP contribution is 2.14. The van der Waals surface area contributed by atoms with E-state index in [9.17, 15) is 9.18 Å². The molecule has 0 saturated carbocycles. The number of aliphatic carboxylic acids is 1. The van der Waals surface area contributed by atoms with Gasteiger partial charge in [0.25, 0.3) is 0 Å². The van der Waals surface area contributed by atoms with Crippen LogP contribution in [0.25, 0.3) is 6.08 Å². The zero-order valence-corrected chi connectivity index (χ0v) is 8.48. The Morgan fingerprint density at radius 1 is 1.56 bits per heavy atom. The SMILES string of the molecule is N#CCC=Cc1cc(F)ccc1CC(=O)O. The molecule has 0 radical (unpaired) electrons. The fraction of sp³-hybridized carbons (Fsp3) is 0.167. The third kappa shape index (κ3) is 3.54. The van der Waals surface area contributed by atoms with Crippen LogP contribution in [-0.2, 0) is 11.2 Å². The molecule has 0 aliphatic carbocycles. The molecule has 0 aromatic heterocycles. The largest absolute Gasteiger partial charge is 0.481 e. The van der Waals surface area contributed by atoms with Crippen LogP contribution >= 0.6 is 0 Å². The summed E-state index contributed by atoms with van der Waals surface area (Å²) >= 11 is 0. The maximum atomic E-state index is 12.9. The quantitative estimate of drug-likeness (QED) is 0.845. The van der Waals surface area contributed by atoms with Crippen LogP contribution < -0.4 is 0 Å². The van der Waals surface area contributed by atoms with Crippen molar-refractivity contribution in [3.63, 3.8) is 0 Å². The van der Waals surface area contributed by atoms with Crippen LogP contribution in [0, 0.1) is 17.1 Å². The van der Waals surface area contributed by atoms with Gasteiger partial charge in [-0.2, -0.15) is 5.26 Å². The minimum atomic E-state index is -0.971. The number of rotatable bonds is 4. The number of carbonyl (C=O) groups is 1. The first kappa shape index (κ1) is 11.9. The molecule has 0 unspecified atom stereocenters. The van der Waals surface area contributed by atoms with E-state index >= 15 is 0 Å². The van der Waals surface area contributed by atoms with Gasteiger partial charge in [0.2, 0.25) is 0 Å². The van der Waals surface area contributed by atoms with Gasteiger partial charge >= 0.3 is 5.97 Å². The molecule has 1 N–H and O–H groups in total. The molecule has 1 aromatic carbocycles. The molecule has 0 bridgehead atoms. The lowest BCUT2D eigenvalue weighted by atomic mass is 10.0. The lowest BCUT2D eigenvalue weighted by Crippen LogP contribution is -2.02. The van der Waals surface area contributed by atoms with E-state index < -0.39 is 11.8 Å². The van der Waals surface area contributed by atoms with Crippen molar-refractivity contribution in [1.82, 2.24) is 0 Å². The summed E-state index contributed by atoms with van der Waals surface area (Å²) in [6.07, 6.45) is 3.18. The molecule has 3 nitrogen and oxygen atoms in total. The van der Waals surface area contributed by atoms with Crippen LogP contribution in [0.1, 0.15) is 17.5 Å². The minimum Gasteiger partial charge on any atom is -0.481 e. The van der Waals surface area contributed by atoms with E-state index in [0.29, 0.717) is 11.1 Å². The number of halogens is 1. The normalized spacial score (nSPS) is 10.2. The number of nitriles is 1. The monoisotopic (exact) mass is 219 g/mol. The molecule has 0 amide bonds. The minimum absolute atomic E-state index is 0.160. The van der Waals surface area contributed by atoms with Crippen LogP contribution in [0.5, 0.6) is 0 Å². The first-order valence-corrected chi connectivity index (χ1v) is 4.67. The Balaban J connectivity index is 2.99. The van der Waals surface area contributed by atoms with Gasteiger partial charge in [-0.1, -0.05) is 18.2 Å². The van der Waals surface area contributed by atoms with E-state index in [2.05, 4.69) is 0 Å². The van der Waals surface area contributed by atoms with Crippen molar-refractivity contribution in [2.75, 3.05) is 0 Å². The highest BCUT2D eigenvalue weighted by molar-refractivity contribution is 5.72. The molecular formula is C12H10FNO2. The lowest BCUT2D eigenvalue weighted by molar-refractivity contribution is -0.136. The highest BCUT2D eigenvalue weighted by atomic mass is 19.1. The summed E-state index contributed by atoms with van der Waals surface area (Å²) in [5, 5.41) is 17.0. The molecule has 0 fully saturated rings. The number of hydrogen-bond donors (Lipinski definition) is 1. The third-order valence-electron chi connectivity index (χ3n) is 1.96. The molecule has 1 aromatic rings. The average molecular weight is 219 g/mol. The predicted molar refractivity (Wildman–Crippen MR) is 57.0 cm³/mol. The fourth-order valence-electron chi connectivity index (χ4n) is 1.28. The van der Waals surface area contributed by atoms with Gasteiger partial charge in [0.1, 0.15) is 5.82 Å². The van der Waals surface area contributed by atoms with Crippen molar-refractivity contribution in [2.24, 2.45) is 0 Å². The molecule has 0 aliphatic heterocycles. The van der Waals surface area contributed by atoms with E-state index in [1.807, 2.05) is 6.07 Å². The molecule has 1 rings (SSSR count). The topological polar surface area (TPSA) is 61.1 Å². The van der Waals surface area contributed by atoms with Gasteiger partial charge in [-0.25, -0.2) is 4.39 Å². The lowest BCUT2D eigenvalue weighted by Gasteiger charge is -2.03. The Bertz CT molecular complexity index is 461. The van der Waals surface area contributed by atoms with Crippen molar-refractivity contribution in [3.8, 4) is 6.07 Å². The van der Waals surface area contributed by atoms with Gasteiger partial charge < -0.3 is 5.11 Å². The van der Waals surface area contributed by atoms with Gasteiger partial charge in [-0.3, -0.25) is 4.79 Å². The summed E-state index contributed by atoms with van der Waals surface area (Å²) in [6, 6.07) is 5.83. The van der Waals surface area contributed by atoms with E-state index in [0.717, 1.165) is 0 Å². The second-order valence-corrected chi connectivity index (χ2v) is 3.18. The Kier molecular flexibility index (Phi) is 4.22. The molecule has 0 atom stereocenters. The van der Waals surface area contributed by atoms with Crippen LogP contribution in [-0.4, -0.2) is 11.1 Å². The number of carboxylic acids is 1. The van der Waals surface area contributed by atoms with Gasteiger partial charge in [0, 0.05) is 0 Å². The maximum absolute atomic E-state index is 12.9. The van der Waals surface area contributed by atoms with Crippen molar-refractivity contribution >= 4 is 12.0 Å². The molecule has 82 valence electrons. The zero-order valence-electron chi connectivity index (χ0n) is 8.48. The summed E-state index contributed by atoms with van der Waals surface area (Å²) in [5.41, 5.74) is 1.03. The van der Waals surface area contributed by atoms with Crippen LogP contribution in [0.2, 0.25) is 0 Å². The Morgan fingerprint density at radius 3 is 2.94 bits per heavy atom. The van der Waals surface area contributed by atoms with Gasteiger partial charge in [-0.05, 0) is 23.3 Å². The van der Waals surface area contributed by atoms with Crippen LogP contribution in [0.3, 0.4) is 0 Å². The Hall–Kier alpha value is -2.15. The number of benzene rings is 1. The van der Waals surface area contributed by atoms with Crippen LogP contribution in [0.15, 0.2) is 24.3 Å². The first-order chi connectivity index (χ1) is 7.63. The second-order valence-electron chi connectivity index (χ2n) is 3.18. The second kappa shape index (κ2) is 5.66. The molecule has 0 aliphatic rings. The number of hydrogen-bond acceptors (Lipinski definition) is 2. The van der Waals surface area contributed by atoms with Gasteiger partial charge in [-0.15, -0.1) is 0 Å². The maximum Gasteiger partial charge on any atom is 0.307 e. The smallest absolute Gasteiger partial charge is 0.307 e. The van der Waals surface area contributed by atoms with E-state index in [4.69, 9.17) is 10.4 Å². The van der Waals surface area contributed by atoms with Gasteiger partial charge in [0.15, 0.2) is 0 Å². The van der Waals surface area contributed by atoms with Crippen molar-refractivity contribution < 1.29 is 14.3 Å². The van der Waals surface area contributed by atoms with Gasteiger partial charge in [0.05, 0.1) is 18.9 Å². The molecule has 4 heteroatoms.